The minimum Gasteiger partial charge on any atom is -0.488 e. The van der Waals surface area contributed by atoms with Crippen LogP contribution in [-0.4, -0.2) is 5.60 Å². The standard InChI is InChI=1S/C18H28O/c1-12(2)15-8-7-9-16(13(3)14-10-11-14)17(15)19-18(4,5)6/h7-9,12-14H,10-11H2,1-6H3/t13-/m1/s1. The zero-order valence-corrected chi connectivity index (χ0v) is 13.3. The van der Waals surface area contributed by atoms with Crippen LogP contribution in [0.15, 0.2) is 18.2 Å². The predicted molar refractivity (Wildman–Crippen MR) is 82.1 cm³/mol. The molecule has 1 aromatic rings. The van der Waals surface area contributed by atoms with Gasteiger partial charge in [0.1, 0.15) is 11.4 Å². The molecule has 0 saturated heterocycles. The van der Waals surface area contributed by atoms with Crippen molar-refractivity contribution in [3.63, 3.8) is 0 Å². The van der Waals surface area contributed by atoms with E-state index < -0.39 is 0 Å². The zero-order valence-electron chi connectivity index (χ0n) is 13.3. The van der Waals surface area contributed by atoms with Gasteiger partial charge in [0.2, 0.25) is 0 Å². The third kappa shape index (κ3) is 3.52. The Morgan fingerprint density at radius 1 is 1.05 bits per heavy atom. The summed E-state index contributed by atoms with van der Waals surface area (Å²) in [5.74, 6) is 3.13. The molecule has 0 aliphatic heterocycles. The molecule has 0 radical (unpaired) electrons. The Morgan fingerprint density at radius 2 is 1.63 bits per heavy atom. The van der Waals surface area contributed by atoms with Gasteiger partial charge in [0.15, 0.2) is 0 Å². The first-order valence-corrected chi connectivity index (χ1v) is 7.61. The molecular formula is C18H28O. The average Bonchev–Trinajstić information content (AvgIpc) is 3.09. The molecule has 19 heavy (non-hydrogen) atoms. The normalized spacial score (nSPS) is 17.6. The molecule has 1 aromatic carbocycles. The van der Waals surface area contributed by atoms with E-state index in [4.69, 9.17) is 4.74 Å². The molecule has 2 rings (SSSR count). The van der Waals surface area contributed by atoms with Crippen molar-refractivity contribution in [2.24, 2.45) is 5.92 Å². The summed E-state index contributed by atoms with van der Waals surface area (Å²) in [5, 5.41) is 0. The van der Waals surface area contributed by atoms with E-state index in [1.54, 1.807) is 0 Å². The summed E-state index contributed by atoms with van der Waals surface area (Å²) in [7, 11) is 0. The fourth-order valence-corrected chi connectivity index (χ4v) is 2.66. The highest BCUT2D eigenvalue weighted by Crippen LogP contribution is 2.46. The smallest absolute Gasteiger partial charge is 0.127 e. The fourth-order valence-electron chi connectivity index (χ4n) is 2.66. The first-order valence-electron chi connectivity index (χ1n) is 7.61. The fraction of sp³-hybridized carbons (Fsp3) is 0.667. The summed E-state index contributed by atoms with van der Waals surface area (Å²) in [6.07, 6.45) is 2.75. The van der Waals surface area contributed by atoms with Gasteiger partial charge in [-0.25, -0.2) is 0 Å². The van der Waals surface area contributed by atoms with Gasteiger partial charge in [0.25, 0.3) is 0 Å². The maximum absolute atomic E-state index is 6.32. The predicted octanol–water partition coefficient (Wildman–Crippen LogP) is 5.50. The Morgan fingerprint density at radius 3 is 2.11 bits per heavy atom. The molecular weight excluding hydrogens is 232 g/mol. The highest BCUT2D eigenvalue weighted by molar-refractivity contribution is 5.46. The SMILES string of the molecule is CC(C)c1cccc([C@H](C)C2CC2)c1OC(C)(C)C. The van der Waals surface area contributed by atoms with Crippen LogP contribution in [0.2, 0.25) is 0 Å². The molecule has 0 N–H and O–H groups in total. The van der Waals surface area contributed by atoms with Crippen LogP contribution < -0.4 is 4.74 Å². The van der Waals surface area contributed by atoms with Crippen LogP contribution >= 0.6 is 0 Å². The lowest BCUT2D eigenvalue weighted by molar-refractivity contribution is 0.126. The quantitative estimate of drug-likeness (QED) is 0.694. The summed E-state index contributed by atoms with van der Waals surface area (Å²) in [4.78, 5) is 0. The number of hydrogen-bond donors (Lipinski definition) is 0. The number of rotatable bonds is 4. The highest BCUT2D eigenvalue weighted by Gasteiger charge is 2.32. The second-order valence-corrected chi connectivity index (χ2v) is 7.26. The minimum atomic E-state index is -0.136. The number of ether oxygens (including phenoxy) is 1. The van der Waals surface area contributed by atoms with Crippen molar-refractivity contribution in [1.29, 1.82) is 0 Å². The molecule has 1 heteroatoms. The Balaban J connectivity index is 2.43. The van der Waals surface area contributed by atoms with Crippen LogP contribution in [0.4, 0.5) is 0 Å². The summed E-state index contributed by atoms with van der Waals surface area (Å²) in [6.45, 7) is 13.3. The van der Waals surface area contributed by atoms with Crippen molar-refractivity contribution >= 4 is 0 Å². The Hall–Kier alpha value is -0.980. The van der Waals surface area contributed by atoms with Crippen LogP contribution in [0.25, 0.3) is 0 Å². The topological polar surface area (TPSA) is 9.23 Å². The molecule has 0 aromatic heterocycles. The first-order chi connectivity index (χ1) is 8.79. The van der Waals surface area contributed by atoms with Crippen molar-refractivity contribution in [3.8, 4) is 5.75 Å². The lowest BCUT2D eigenvalue weighted by atomic mass is 9.90. The lowest BCUT2D eigenvalue weighted by Gasteiger charge is -2.28. The molecule has 1 saturated carbocycles. The molecule has 1 nitrogen and oxygen atoms in total. The van der Waals surface area contributed by atoms with E-state index in [1.807, 2.05) is 0 Å². The summed E-state index contributed by atoms with van der Waals surface area (Å²) < 4.78 is 6.32. The van der Waals surface area contributed by atoms with Gasteiger partial charge in [-0.15, -0.1) is 0 Å². The third-order valence-electron chi connectivity index (χ3n) is 3.93. The van der Waals surface area contributed by atoms with Crippen molar-refractivity contribution in [3.05, 3.63) is 29.3 Å². The van der Waals surface area contributed by atoms with E-state index in [2.05, 4.69) is 59.7 Å². The first kappa shape index (κ1) is 14.4. The van der Waals surface area contributed by atoms with Crippen LogP contribution in [-0.2, 0) is 0 Å². The van der Waals surface area contributed by atoms with Crippen molar-refractivity contribution in [2.45, 2.75) is 71.8 Å². The van der Waals surface area contributed by atoms with Gasteiger partial charge in [0.05, 0.1) is 0 Å². The maximum atomic E-state index is 6.32. The second-order valence-electron chi connectivity index (χ2n) is 7.26. The Bertz CT molecular complexity index is 435. The third-order valence-corrected chi connectivity index (χ3v) is 3.93. The van der Waals surface area contributed by atoms with Crippen LogP contribution in [0.3, 0.4) is 0 Å². The van der Waals surface area contributed by atoms with Crippen molar-refractivity contribution in [2.75, 3.05) is 0 Å². The molecule has 106 valence electrons. The van der Waals surface area contributed by atoms with E-state index in [0.29, 0.717) is 11.8 Å². The van der Waals surface area contributed by atoms with Gasteiger partial charge >= 0.3 is 0 Å². The van der Waals surface area contributed by atoms with Gasteiger partial charge in [-0.1, -0.05) is 39.0 Å². The molecule has 0 heterocycles. The molecule has 1 aliphatic carbocycles. The molecule has 0 bridgehead atoms. The van der Waals surface area contributed by atoms with Crippen LogP contribution in [0.5, 0.6) is 5.75 Å². The summed E-state index contributed by atoms with van der Waals surface area (Å²) in [6, 6.07) is 6.67. The zero-order chi connectivity index (χ0) is 14.2. The molecule has 0 spiro atoms. The summed E-state index contributed by atoms with van der Waals surface area (Å²) in [5.41, 5.74) is 2.62. The monoisotopic (exact) mass is 260 g/mol. The maximum Gasteiger partial charge on any atom is 0.127 e. The number of hydrogen-bond acceptors (Lipinski definition) is 1. The summed E-state index contributed by atoms with van der Waals surface area (Å²) >= 11 is 0. The Labute approximate surface area is 118 Å². The number of para-hydroxylation sites is 1. The Kier molecular flexibility index (Phi) is 3.94. The molecule has 1 atom stereocenters. The molecule has 1 fully saturated rings. The van der Waals surface area contributed by atoms with E-state index >= 15 is 0 Å². The second kappa shape index (κ2) is 5.19. The molecule has 0 amide bonds. The van der Waals surface area contributed by atoms with Crippen molar-refractivity contribution < 1.29 is 4.74 Å². The van der Waals surface area contributed by atoms with Gasteiger partial charge < -0.3 is 4.74 Å². The van der Waals surface area contributed by atoms with E-state index in [0.717, 1.165) is 11.7 Å². The molecule has 1 aliphatic rings. The van der Waals surface area contributed by atoms with E-state index in [9.17, 15) is 0 Å². The van der Waals surface area contributed by atoms with Gasteiger partial charge in [0, 0.05) is 0 Å². The van der Waals surface area contributed by atoms with E-state index in [-0.39, 0.29) is 5.60 Å². The van der Waals surface area contributed by atoms with Crippen LogP contribution in [0, 0.1) is 5.92 Å². The van der Waals surface area contributed by atoms with Gasteiger partial charge in [-0.2, -0.15) is 0 Å². The minimum absolute atomic E-state index is 0.136. The van der Waals surface area contributed by atoms with E-state index in [1.165, 1.54) is 24.0 Å². The van der Waals surface area contributed by atoms with Crippen LogP contribution in [0.1, 0.15) is 77.3 Å². The lowest BCUT2D eigenvalue weighted by Crippen LogP contribution is -2.25. The van der Waals surface area contributed by atoms with Gasteiger partial charge in [-0.3, -0.25) is 0 Å². The number of benzene rings is 1. The van der Waals surface area contributed by atoms with Gasteiger partial charge in [-0.05, 0) is 62.5 Å². The highest BCUT2D eigenvalue weighted by atomic mass is 16.5. The van der Waals surface area contributed by atoms with Crippen molar-refractivity contribution in [1.82, 2.24) is 0 Å². The average molecular weight is 260 g/mol. The largest absolute Gasteiger partial charge is 0.488 e. The molecule has 0 unspecified atom stereocenters.